The third-order valence-electron chi connectivity index (χ3n) is 21.9. The van der Waals surface area contributed by atoms with Gasteiger partial charge in [0.15, 0.2) is 29.0 Å². The minimum Gasteiger partial charge on any atom is -0.496 e. The van der Waals surface area contributed by atoms with Crippen molar-refractivity contribution in [2.24, 2.45) is 10.9 Å². The molecule has 17 rings (SSSR count). The highest BCUT2D eigenvalue weighted by atomic mass is 32.2. The van der Waals surface area contributed by atoms with Crippen molar-refractivity contribution in [3.8, 4) is 191 Å². The molecule has 0 unspecified atom stereocenters. The lowest BCUT2D eigenvalue weighted by Crippen LogP contribution is -2.16. The highest BCUT2D eigenvalue weighted by molar-refractivity contribution is 7.89. The minimum absolute atomic E-state index is 0.000175. The summed E-state index contributed by atoms with van der Waals surface area (Å²) >= 11 is 0. The maximum absolute atomic E-state index is 19.5. The quantitative estimate of drug-likeness (QED) is 0.0289. The maximum atomic E-state index is 19.5. The fourth-order valence-electron chi connectivity index (χ4n) is 16.4. The normalized spacial score (nSPS) is 11.2. The van der Waals surface area contributed by atoms with Gasteiger partial charge in [0.1, 0.15) is 17.1 Å². The van der Waals surface area contributed by atoms with Crippen LogP contribution in [0.3, 0.4) is 0 Å². The lowest BCUT2D eigenvalue weighted by Gasteiger charge is -2.26. The molecule has 0 fully saturated rings. The number of benzene rings is 9. The van der Waals surface area contributed by atoms with Crippen LogP contribution in [-0.4, -0.2) is 129 Å². The van der Waals surface area contributed by atoms with Crippen molar-refractivity contribution in [1.82, 2.24) is 59.8 Å². The zero-order valence-corrected chi connectivity index (χ0v) is 70.9. The van der Waals surface area contributed by atoms with Crippen LogP contribution in [0.4, 0.5) is 10.1 Å². The van der Waals surface area contributed by atoms with Gasteiger partial charge in [0.2, 0.25) is 27.7 Å². The summed E-state index contributed by atoms with van der Waals surface area (Å²) in [7, 11) is -0.847. The van der Waals surface area contributed by atoms with Gasteiger partial charge in [-0.05, 0) is 141 Å². The average Bonchev–Trinajstić information content (AvgIpc) is 0.743. The highest BCUT2D eigenvalue weighted by Gasteiger charge is 2.35. The summed E-state index contributed by atoms with van der Waals surface area (Å²) in [4.78, 5) is 140. The Kier molecular flexibility index (Phi) is 23.7. The summed E-state index contributed by atoms with van der Waals surface area (Å²) in [6.07, 6.45) is 11.9. The van der Waals surface area contributed by atoms with E-state index in [9.17, 15) is 42.6 Å². The number of aromatic amines is 1. The van der Waals surface area contributed by atoms with Gasteiger partial charge in [-0.3, -0.25) is 34.1 Å². The van der Waals surface area contributed by atoms with E-state index in [4.69, 9.17) is 45.0 Å². The van der Waals surface area contributed by atoms with E-state index in [0.29, 0.717) is 56.4 Å². The number of aryl methyl sites for hydroxylation is 1. The van der Waals surface area contributed by atoms with E-state index in [1.807, 2.05) is 30.3 Å². The van der Waals surface area contributed by atoms with Crippen LogP contribution in [0.25, 0.3) is 180 Å². The molecule has 2 amide bonds. The van der Waals surface area contributed by atoms with Crippen molar-refractivity contribution >= 4 is 45.4 Å². The predicted molar refractivity (Wildman–Crippen MR) is 491 cm³/mol. The topological polar surface area (TPSA) is 426 Å². The Morgan fingerprint density at radius 2 is 1.02 bits per heavy atom. The number of methoxy groups -OCH3 is 3. The number of ether oxygens (including phenoxy) is 3. The number of halogens is 1. The van der Waals surface area contributed by atoms with Gasteiger partial charge in [-0.25, -0.2) is 67.4 Å². The third kappa shape index (κ3) is 16.7. The molecule has 9 aromatic carbocycles. The van der Waals surface area contributed by atoms with Gasteiger partial charge in [-0.1, -0.05) is 158 Å². The summed E-state index contributed by atoms with van der Waals surface area (Å²) in [6, 6.07) is 63.4. The van der Waals surface area contributed by atoms with E-state index in [1.165, 1.54) is 119 Å². The summed E-state index contributed by atoms with van der Waals surface area (Å²) in [6.45, 7) is 2.93. The van der Waals surface area contributed by atoms with E-state index in [-0.39, 0.29) is 152 Å². The molecular formula is C101H72FN15O13S. The number of primary sulfonamides is 1. The van der Waals surface area contributed by atoms with Gasteiger partial charge in [0.25, 0.3) is 5.56 Å². The number of nitrogens with one attached hydrogen (secondary N) is 2. The predicted octanol–water partition coefficient (Wildman–Crippen LogP) is 17.7. The number of hydrogen-bond donors (Lipinski definition) is 6. The summed E-state index contributed by atoms with van der Waals surface area (Å²) < 4.78 is 66.3. The number of hydrogen-bond acceptors (Lipinski definition) is 22. The average molecular weight is 1750 g/mol. The number of carboxylic acids is 2. The highest BCUT2D eigenvalue weighted by Crippen LogP contribution is 2.55. The summed E-state index contributed by atoms with van der Waals surface area (Å²) in [5, 5.41) is 31.1. The molecule has 0 spiro atoms. The van der Waals surface area contributed by atoms with Crippen molar-refractivity contribution in [2.75, 3.05) is 26.6 Å². The molecule has 0 saturated heterocycles. The molecular weight excluding hydrogens is 1680 g/mol. The number of aliphatic carboxylic acids is 1. The molecule has 0 atom stereocenters. The van der Waals surface area contributed by atoms with Crippen molar-refractivity contribution < 1.29 is 61.2 Å². The second kappa shape index (κ2) is 36.2. The van der Waals surface area contributed by atoms with E-state index >= 15 is 9.18 Å². The van der Waals surface area contributed by atoms with Crippen LogP contribution in [0.5, 0.6) is 11.6 Å². The molecule has 28 nitrogen and oxygen atoms in total. The molecule has 0 aliphatic heterocycles. The van der Waals surface area contributed by atoms with Crippen molar-refractivity contribution in [2.45, 2.75) is 25.2 Å². The zero-order valence-electron chi connectivity index (χ0n) is 70.1. The molecule has 8 aromatic heterocycles. The minimum atomic E-state index is -4.86. The van der Waals surface area contributed by atoms with Crippen LogP contribution in [0.15, 0.2) is 296 Å². The number of pyridine rings is 4. The first kappa shape index (κ1) is 85.6. The van der Waals surface area contributed by atoms with Crippen LogP contribution < -0.4 is 31.2 Å². The molecule has 17 aromatic rings. The van der Waals surface area contributed by atoms with Crippen molar-refractivity contribution in [1.29, 1.82) is 0 Å². The van der Waals surface area contributed by atoms with Crippen LogP contribution in [0.1, 0.15) is 49.3 Å². The van der Waals surface area contributed by atoms with Gasteiger partial charge < -0.3 is 40.5 Å². The Balaban J connectivity index is 0.885. The second-order valence-corrected chi connectivity index (χ2v) is 31.4. The Morgan fingerprint density at radius 3 is 1.66 bits per heavy atom. The molecule has 30 heteroatoms. The first-order valence-electron chi connectivity index (χ1n) is 40.4. The van der Waals surface area contributed by atoms with Crippen LogP contribution in [-0.2, 0) is 30.8 Å². The number of carbonyl (C=O) groups excluding carboxylic acids is 3. The fourth-order valence-corrected chi connectivity index (χ4v) is 17.2. The number of aromatic nitrogens is 12. The lowest BCUT2D eigenvalue weighted by molar-refractivity contribution is -0.136. The Morgan fingerprint density at radius 1 is 0.450 bits per heavy atom. The number of carbonyl (C=O) groups is 5. The monoisotopic (exact) mass is 1750 g/mol. The van der Waals surface area contributed by atoms with Crippen LogP contribution >= 0.6 is 0 Å². The second-order valence-electron chi connectivity index (χ2n) is 29.8. The number of amides is 2. The molecule has 8 heterocycles. The van der Waals surface area contributed by atoms with E-state index in [0.717, 1.165) is 12.7 Å². The van der Waals surface area contributed by atoms with Gasteiger partial charge >= 0.3 is 17.9 Å². The Hall–Kier alpha value is -17.5. The first-order valence-corrected chi connectivity index (χ1v) is 42.0. The Bertz CT molecular complexity index is 7690. The van der Waals surface area contributed by atoms with Crippen molar-refractivity contribution in [3.63, 3.8) is 0 Å². The number of sulfonamides is 1. The number of primary amides is 1. The number of nitrogens with zero attached hydrogens (tertiary/aromatic N) is 11. The summed E-state index contributed by atoms with van der Waals surface area (Å²) in [5.74, 6) is -5.11. The largest absolute Gasteiger partial charge is 0.496 e. The molecule has 0 aliphatic rings. The zero-order chi connectivity index (χ0) is 91.5. The number of rotatable bonds is 25. The SMILES string of the molecule is COC(=O)c1cccc(-c2c(-c3c(NC(C)=O)cccc3-c3c(C(N)=O)cccc3-c3c(C(=O)O)cccc3-c3c(OC)cccc3-c3c(-c4ccnc(-c5nc(-c6ccccc6)c(-c6nccc(-c7ccnc(-c8cnc(-c9ccccc9)nc8)n7)n6)[nH]c5=O)c4F)cc(-c4ccnc(OC)c4-c4ccncc4)nc3C)cccc2S(N)(=O)=O)c1-c1cccc(CC(=O)O)c1. The standard InChI is InChI=1S/C101H72FN15O13S/c1-54-81(73(51-77(112-54)63-40-46-109-99(129-4)83(63)57-37-43-105-44-38-57)62-39-45-106-91(89(62)102)93-98(122)117-92(90(116-93)58-20-8-6-9-21-58)97-108-48-42-75(115-97)74-41-47-107-96(114-74)61-52-110-95(111-53-61)59-22-10-7-11-23-59)64-29-17-35-78(128-3)87(64)68-27-14-32-71(100(123)124)85(68)66-26-13-31-70(94(103)121)84(66)67-28-16-34-76(113-55(2)118)86(67)69-30-18-36-79(131(104,126)127)88(69)65-25-15-33-72(101(125)130-5)82(65)60-24-12-19-56(49-60)50-80(119)120/h6-49,51-53H,50H2,1-5H3,(H2,103,121)(H,113,118)(H,117,122)(H,119,120)(H,123,124)(H2,104,126,127). The molecule has 131 heavy (non-hydrogen) atoms. The van der Waals surface area contributed by atoms with E-state index in [2.05, 4.69) is 45.2 Å². The molecule has 0 aliphatic carbocycles. The van der Waals surface area contributed by atoms with Crippen molar-refractivity contribution in [3.05, 3.63) is 330 Å². The fraction of sp³-hybridized carbons (Fsp3) is 0.0594. The van der Waals surface area contributed by atoms with Gasteiger partial charge in [0, 0.05) is 135 Å². The number of nitrogens with two attached hydrogens (primary N) is 2. The Labute approximate surface area is 746 Å². The van der Waals surface area contributed by atoms with E-state index < -0.39 is 73.8 Å². The van der Waals surface area contributed by atoms with Gasteiger partial charge in [-0.15, -0.1) is 0 Å². The number of anilines is 1. The smallest absolute Gasteiger partial charge is 0.338 e. The van der Waals surface area contributed by atoms with E-state index in [1.54, 1.807) is 165 Å². The molecule has 0 saturated carbocycles. The molecule has 0 bridgehead atoms. The molecule has 642 valence electrons. The maximum Gasteiger partial charge on any atom is 0.338 e. The number of H-pyrrole nitrogens is 1. The van der Waals surface area contributed by atoms with Crippen LogP contribution in [0, 0.1) is 12.7 Å². The van der Waals surface area contributed by atoms with Gasteiger partial charge in [0.05, 0.1) is 77.7 Å². The number of esters is 1. The molecule has 0 radical (unpaired) electrons. The number of carboxylic acid groups (broad SMARTS) is 2. The lowest BCUT2D eigenvalue weighted by atomic mass is 9.79. The molecule has 8 N–H and O–H groups in total. The third-order valence-corrected chi connectivity index (χ3v) is 22.8. The first-order chi connectivity index (χ1) is 63.5. The number of aromatic carboxylic acids is 1. The summed E-state index contributed by atoms with van der Waals surface area (Å²) in [5.41, 5.74) is 9.79. The van der Waals surface area contributed by atoms with Gasteiger partial charge in [-0.2, -0.15) is 0 Å². The van der Waals surface area contributed by atoms with Crippen LogP contribution in [0.2, 0.25) is 0 Å².